The number of halogens is 2. The zero-order valence-corrected chi connectivity index (χ0v) is 14.3. The number of hydrogen-bond acceptors (Lipinski definition) is 2. The van der Waals surface area contributed by atoms with E-state index in [2.05, 4.69) is 41.6 Å². The van der Waals surface area contributed by atoms with Crippen LogP contribution in [0.5, 0.6) is 0 Å². The molecular formula is C16H26BrFN2. The van der Waals surface area contributed by atoms with E-state index >= 15 is 0 Å². The molecule has 0 aromatic heterocycles. The summed E-state index contributed by atoms with van der Waals surface area (Å²) in [5.74, 6) is 0.461. The maximum atomic E-state index is 13.2. The van der Waals surface area contributed by atoms with Crippen LogP contribution in [0.2, 0.25) is 0 Å². The highest BCUT2D eigenvalue weighted by atomic mass is 79.9. The summed E-state index contributed by atoms with van der Waals surface area (Å²) in [6.07, 6.45) is 2.35. The van der Waals surface area contributed by atoms with E-state index in [4.69, 9.17) is 5.73 Å². The Hall–Kier alpha value is -0.450. The lowest BCUT2D eigenvalue weighted by Crippen LogP contribution is -2.37. The van der Waals surface area contributed by atoms with Crippen LogP contribution >= 0.6 is 15.9 Å². The first-order valence-corrected chi connectivity index (χ1v) is 8.25. The molecule has 0 saturated carbocycles. The Morgan fingerprint density at radius 1 is 1.25 bits per heavy atom. The zero-order valence-electron chi connectivity index (χ0n) is 12.7. The van der Waals surface area contributed by atoms with Crippen LogP contribution in [0.1, 0.15) is 45.2 Å². The predicted octanol–water partition coefficient (Wildman–Crippen LogP) is 4.35. The molecule has 0 aliphatic heterocycles. The molecule has 0 amide bonds. The first-order valence-electron chi connectivity index (χ1n) is 7.46. The van der Waals surface area contributed by atoms with Crippen LogP contribution in [-0.4, -0.2) is 24.5 Å². The molecule has 0 aliphatic rings. The standard InChI is InChI=1S/C16H26BrFN2/c1-4-12(5-2)11-20(6-3)16(10-19)14-8-7-13(18)9-15(14)17/h7-9,12,16H,4-6,10-11,19H2,1-3H3. The summed E-state index contributed by atoms with van der Waals surface area (Å²) in [5.41, 5.74) is 7.06. The largest absolute Gasteiger partial charge is 0.329 e. The van der Waals surface area contributed by atoms with Gasteiger partial charge in [-0.15, -0.1) is 0 Å². The van der Waals surface area contributed by atoms with Crippen LogP contribution in [0.3, 0.4) is 0 Å². The summed E-state index contributed by atoms with van der Waals surface area (Å²) in [4.78, 5) is 2.40. The van der Waals surface area contributed by atoms with Gasteiger partial charge in [-0.25, -0.2) is 4.39 Å². The van der Waals surface area contributed by atoms with Crippen molar-refractivity contribution in [3.63, 3.8) is 0 Å². The van der Waals surface area contributed by atoms with Crippen LogP contribution in [0.4, 0.5) is 4.39 Å². The maximum absolute atomic E-state index is 13.2. The van der Waals surface area contributed by atoms with E-state index in [9.17, 15) is 4.39 Å². The Balaban J connectivity index is 2.96. The van der Waals surface area contributed by atoms with Crippen molar-refractivity contribution in [2.24, 2.45) is 11.7 Å². The van der Waals surface area contributed by atoms with E-state index in [1.165, 1.54) is 25.0 Å². The van der Waals surface area contributed by atoms with E-state index in [1.54, 1.807) is 0 Å². The second-order valence-electron chi connectivity index (χ2n) is 5.19. The monoisotopic (exact) mass is 344 g/mol. The molecule has 114 valence electrons. The fraction of sp³-hybridized carbons (Fsp3) is 0.625. The van der Waals surface area contributed by atoms with E-state index in [-0.39, 0.29) is 11.9 Å². The Morgan fingerprint density at radius 3 is 2.35 bits per heavy atom. The molecule has 0 aliphatic carbocycles. The lowest BCUT2D eigenvalue weighted by Gasteiger charge is -2.33. The van der Waals surface area contributed by atoms with Crippen LogP contribution in [0.25, 0.3) is 0 Å². The topological polar surface area (TPSA) is 29.3 Å². The summed E-state index contributed by atoms with van der Waals surface area (Å²) in [6.45, 7) is 9.14. The van der Waals surface area contributed by atoms with Gasteiger partial charge < -0.3 is 5.73 Å². The smallest absolute Gasteiger partial charge is 0.124 e. The summed E-state index contributed by atoms with van der Waals surface area (Å²) >= 11 is 3.46. The van der Waals surface area contributed by atoms with Crippen molar-refractivity contribution in [1.82, 2.24) is 4.90 Å². The van der Waals surface area contributed by atoms with Crippen molar-refractivity contribution in [2.45, 2.75) is 39.7 Å². The second-order valence-corrected chi connectivity index (χ2v) is 6.04. The summed E-state index contributed by atoms with van der Waals surface area (Å²) in [5, 5.41) is 0. The van der Waals surface area contributed by atoms with Gasteiger partial charge in [0.05, 0.1) is 0 Å². The van der Waals surface area contributed by atoms with Gasteiger partial charge in [-0.2, -0.15) is 0 Å². The number of hydrogen-bond donors (Lipinski definition) is 1. The molecular weight excluding hydrogens is 319 g/mol. The van der Waals surface area contributed by atoms with Crippen LogP contribution in [0, 0.1) is 11.7 Å². The molecule has 1 rings (SSSR count). The average Bonchev–Trinajstić information content (AvgIpc) is 2.45. The third-order valence-corrected chi connectivity index (χ3v) is 4.73. The summed E-state index contributed by atoms with van der Waals surface area (Å²) < 4.78 is 14.0. The van der Waals surface area contributed by atoms with E-state index in [0.29, 0.717) is 12.5 Å². The Labute approximate surface area is 130 Å². The maximum Gasteiger partial charge on any atom is 0.124 e. The lowest BCUT2D eigenvalue weighted by atomic mass is 9.99. The molecule has 1 aromatic rings. The van der Waals surface area contributed by atoms with Gasteiger partial charge in [0.15, 0.2) is 0 Å². The third-order valence-electron chi connectivity index (χ3n) is 4.04. The molecule has 1 aromatic carbocycles. The average molecular weight is 345 g/mol. The van der Waals surface area contributed by atoms with Gasteiger partial charge in [0.1, 0.15) is 5.82 Å². The molecule has 2 N–H and O–H groups in total. The van der Waals surface area contributed by atoms with E-state index in [0.717, 1.165) is 23.1 Å². The second kappa shape index (κ2) is 8.75. The van der Waals surface area contributed by atoms with Gasteiger partial charge in [-0.05, 0) is 30.2 Å². The minimum atomic E-state index is -0.223. The van der Waals surface area contributed by atoms with E-state index in [1.807, 2.05) is 6.07 Å². The zero-order chi connectivity index (χ0) is 15.1. The number of nitrogens with two attached hydrogens (primary N) is 1. The molecule has 0 bridgehead atoms. The first-order chi connectivity index (χ1) is 9.57. The molecule has 20 heavy (non-hydrogen) atoms. The normalized spacial score (nSPS) is 13.2. The molecule has 0 radical (unpaired) electrons. The van der Waals surface area contributed by atoms with Crippen molar-refractivity contribution >= 4 is 15.9 Å². The summed E-state index contributed by atoms with van der Waals surface area (Å²) in [7, 11) is 0. The van der Waals surface area contributed by atoms with Gasteiger partial charge in [-0.1, -0.05) is 55.6 Å². The van der Waals surface area contributed by atoms with E-state index < -0.39 is 0 Å². The molecule has 2 nitrogen and oxygen atoms in total. The first kappa shape index (κ1) is 17.6. The highest BCUT2D eigenvalue weighted by molar-refractivity contribution is 9.10. The summed E-state index contributed by atoms with van der Waals surface area (Å²) in [6, 6.07) is 5.00. The highest BCUT2D eigenvalue weighted by Crippen LogP contribution is 2.29. The fourth-order valence-electron chi connectivity index (χ4n) is 2.60. The van der Waals surface area contributed by atoms with Gasteiger partial charge in [0.2, 0.25) is 0 Å². The molecule has 0 fully saturated rings. The Morgan fingerprint density at radius 2 is 1.90 bits per heavy atom. The quantitative estimate of drug-likeness (QED) is 0.759. The molecule has 1 unspecified atom stereocenters. The predicted molar refractivity (Wildman–Crippen MR) is 87.2 cm³/mol. The minimum Gasteiger partial charge on any atom is -0.329 e. The lowest BCUT2D eigenvalue weighted by molar-refractivity contribution is 0.174. The number of rotatable bonds is 8. The van der Waals surface area contributed by atoms with Gasteiger partial charge in [0.25, 0.3) is 0 Å². The molecule has 1 atom stereocenters. The number of benzene rings is 1. The van der Waals surface area contributed by atoms with Crippen molar-refractivity contribution in [3.8, 4) is 0 Å². The van der Waals surface area contributed by atoms with Crippen molar-refractivity contribution < 1.29 is 4.39 Å². The van der Waals surface area contributed by atoms with Crippen molar-refractivity contribution in [2.75, 3.05) is 19.6 Å². The van der Waals surface area contributed by atoms with Crippen molar-refractivity contribution in [1.29, 1.82) is 0 Å². The molecule has 4 heteroatoms. The van der Waals surface area contributed by atoms with Crippen molar-refractivity contribution in [3.05, 3.63) is 34.1 Å². The molecule has 0 spiro atoms. The van der Waals surface area contributed by atoms with Crippen LogP contribution in [-0.2, 0) is 0 Å². The SMILES string of the molecule is CCC(CC)CN(CC)C(CN)c1ccc(F)cc1Br. The molecule has 0 saturated heterocycles. The van der Waals surface area contributed by atoms with Gasteiger partial charge in [0, 0.05) is 23.6 Å². The Bertz CT molecular complexity index is 407. The third kappa shape index (κ3) is 4.54. The number of likely N-dealkylation sites (N-methyl/N-ethyl adjacent to an activating group) is 1. The number of nitrogens with zero attached hydrogens (tertiary/aromatic N) is 1. The van der Waals surface area contributed by atoms with Crippen LogP contribution < -0.4 is 5.73 Å². The minimum absolute atomic E-state index is 0.135. The molecule has 0 heterocycles. The van der Waals surface area contributed by atoms with Gasteiger partial charge in [-0.3, -0.25) is 4.90 Å². The fourth-order valence-corrected chi connectivity index (χ4v) is 3.21. The highest BCUT2D eigenvalue weighted by Gasteiger charge is 2.22. The van der Waals surface area contributed by atoms with Crippen LogP contribution in [0.15, 0.2) is 22.7 Å². The van der Waals surface area contributed by atoms with Gasteiger partial charge >= 0.3 is 0 Å². The Kier molecular flexibility index (Phi) is 7.70.